The molecule has 20 heavy (non-hydrogen) atoms. The Balaban J connectivity index is 2.12. The molecule has 3 N–H and O–H groups in total. The molecule has 0 unspecified atom stereocenters. The number of carbonyl (C=O) groups excluding carboxylic acids is 2. The van der Waals surface area contributed by atoms with E-state index in [1.165, 1.54) is 0 Å². The molecule has 7 nitrogen and oxygen atoms in total. The normalized spacial score (nSPS) is 14.6. The van der Waals surface area contributed by atoms with E-state index >= 15 is 0 Å². The second-order valence-electron chi connectivity index (χ2n) is 4.36. The molecule has 1 aromatic carbocycles. The zero-order chi connectivity index (χ0) is 14.5. The van der Waals surface area contributed by atoms with Gasteiger partial charge in [-0.1, -0.05) is 6.07 Å². The highest BCUT2D eigenvalue weighted by Crippen LogP contribution is 2.18. The smallest absolute Gasteiger partial charge is 0.322 e. The Morgan fingerprint density at radius 3 is 2.90 bits per heavy atom. The van der Waals surface area contributed by atoms with Gasteiger partial charge in [0, 0.05) is 24.3 Å². The first-order valence-corrected chi connectivity index (χ1v) is 6.23. The minimum absolute atomic E-state index is 0.195. The van der Waals surface area contributed by atoms with Crippen LogP contribution in [0.2, 0.25) is 0 Å². The fraction of sp³-hybridized carbons (Fsp3) is 0.308. The van der Waals surface area contributed by atoms with Crippen molar-refractivity contribution in [2.75, 3.05) is 24.5 Å². The van der Waals surface area contributed by atoms with Crippen LogP contribution in [0.15, 0.2) is 24.3 Å². The van der Waals surface area contributed by atoms with E-state index in [0.717, 1.165) is 6.42 Å². The van der Waals surface area contributed by atoms with E-state index in [-0.39, 0.29) is 6.03 Å². The molecule has 0 spiro atoms. The van der Waals surface area contributed by atoms with E-state index in [2.05, 4.69) is 10.6 Å². The molecular formula is C13H15N3O4. The van der Waals surface area contributed by atoms with Gasteiger partial charge in [0.15, 0.2) is 0 Å². The van der Waals surface area contributed by atoms with E-state index in [1.807, 2.05) is 0 Å². The van der Waals surface area contributed by atoms with Crippen LogP contribution in [0.4, 0.5) is 10.5 Å². The number of rotatable bonds is 4. The van der Waals surface area contributed by atoms with Crippen LogP contribution in [0.3, 0.4) is 0 Å². The average molecular weight is 277 g/mol. The second kappa shape index (κ2) is 6.05. The predicted octanol–water partition coefficient (Wildman–Crippen LogP) is 0.421. The van der Waals surface area contributed by atoms with Crippen molar-refractivity contribution in [2.24, 2.45) is 0 Å². The first-order valence-electron chi connectivity index (χ1n) is 6.23. The molecular weight excluding hydrogens is 262 g/mol. The summed E-state index contributed by atoms with van der Waals surface area (Å²) in [6.45, 7) is 0.799. The maximum Gasteiger partial charge on any atom is 0.322 e. The highest BCUT2D eigenvalue weighted by Gasteiger charge is 2.20. The van der Waals surface area contributed by atoms with Crippen molar-refractivity contribution < 1.29 is 19.5 Å². The van der Waals surface area contributed by atoms with E-state index < -0.39 is 18.4 Å². The maximum absolute atomic E-state index is 11.8. The Bertz CT molecular complexity index is 544. The first kappa shape index (κ1) is 13.9. The van der Waals surface area contributed by atoms with Crippen LogP contribution >= 0.6 is 0 Å². The maximum atomic E-state index is 11.8. The summed E-state index contributed by atoms with van der Waals surface area (Å²) in [7, 11) is 0. The summed E-state index contributed by atoms with van der Waals surface area (Å²) in [5.41, 5.74) is 0.937. The fourth-order valence-corrected chi connectivity index (χ4v) is 1.95. The van der Waals surface area contributed by atoms with Crippen molar-refractivity contribution in [1.82, 2.24) is 10.6 Å². The van der Waals surface area contributed by atoms with Gasteiger partial charge in [0.1, 0.15) is 6.54 Å². The van der Waals surface area contributed by atoms with Gasteiger partial charge in [-0.3, -0.25) is 14.5 Å². The second-order valence-corrected chi connectivity index (χ2v) is 4.36. The van der Waals surface area contributed by atoms with Gasteiger partial charge in [-0.25, -0.2) is 4.79 Å². The Morgan fingerprint density at radius 1 is 1.40 bits per heavy atom. The third-order valence-electron chi connectivity index (χ3n) is 2.90. The van der Waals surface area contributed by atoms with Crippen LogP contribution in [0.25, 0.3) is 0 Å². The molecule has 1 heterocycles. The van der Waals surface area contributed by atoms with Crippen LogP contribution in [0, 0.1) is 0 Å². The number of carboxylic acid groups (broad SMARTS) is 1. The Kier molecular flexibility index (Phi) is 4.19. The van der Waals surface area contributed by atoms with Crippen LogP contribution in [-0.4, -0.2) is 42.6 Å². The van der Waals surface area contributed by atoms with E-state index in [9.17, 15) is 14.4 Å². The number of hydrogen-bond donors (Lipinski definition) is 3. The highest BCUT2D eigenvalue weighted by molar-refractivity contribution is 5.98. The largest absolute Gasteiger partial charge is 0.480 e. The van der Waals surface area contributed by atoms with Crippen LogP contribution in [-0.2, 0) is 4.79 Å². The monoisotopic (exact) mass is 277 g/mol. The first-order chi connectivity index (χ1) is 9.58. The van der Waals surface area contributed by atoms with Gasteiger partial charge < -0.3 is 15.7 Å². The summed E-state index contributed by atoms with van der Waals surface area (Å²) >= 11 is 0. The van der Waals surface area contributed by atoms with Gasteiger partial charge in [-0.2, -0.15) is 0 Å². The number of benzene rings is 1. The molecule has 7 heteroatoms. The number of nitrogens with zero attached hydrogens (tertiary/aromatic N) is 1. The van der Waals surface area contributed by atoms with Crippen molar-refractivity contribution >= 4 is 23.6 Å². The highest BCUT2D eigenvalue weighted by atomic mass is 16.4. The van der Waals surface area contributed by atoms with Gasteiger partial charge in [-0.05, 0) is 24.6 Å². The number of anilines is 1. The molecule has 0 aromatic heterocycles. The molecule has 0 bridgehead atoms. The van der Waals surface area contributed by atoms with E-state index in [0.29, 0.717) is 24.3 Å². The zero-order valence-electron chi connectivity index (χ0n) is 10.8. The molecule has 1 aromatic rings. The Hall–Kier alpha value is -2.57. The summed E-state index contributed by atoms with van der Waals surface area (Å²) in [5, 5.41) is 13.5. The van der Waals surface area contributed by atoms with Crippen molar-refractivity contribution in [3.8, 4) is 0 Å². The lowest BCUT2D eigenvalue weighted by Gasteiger charge is -2.27. The van der Waals surface area contributed by atoms with Crippen molar-refractivity contribution in [3.05, 3.63) is 29.8 Å². The molecule has 1 saturated heterocycles. The lowest BCUT2D eigenvalue weighted by Crippen LogP contribution is -2.46. The molecule has 0 atom stereocenters. The summed E-state index contributed by atoms with van der Waals surface area (Å²) < 4.78 is 0. The summed E-state index contributed by atoms with van der Waals surface area (Å²) in [6.07, 6.45) is 0.835. The number of hydrogen-bond acceptors (Lipinski definition) is 3. The van der Waals surface area contributed by atoms with Gasteiger partial charge in [0.25, 0.3) is 5.91 Å². The number of amides is 3. The number of carboxylic acids is 1. The standard InChI is InChI=1S/C13H15N3O4/c17-11(18)8-15-12(19)9-3-1-4-10(7-9)16-6-2-5-14-13(16)20/h1,3-4,7H,2,5-6,8H2,(H,14,20)(H,15,19)(H,17,18). The minimum atomic E-state index is -1.11. The predicted molar refractivity (Wildman–Crippen MR) is 71.8 cm³/mol. The molecule has 0 radical (unpaired) electrons. The number of carbonyl (C=O) groups is 3. The minimum Gasteiger partial charge on any atom is -0.480 e. The third-order valence-corrected chi connectivity index (χ3v) is 2.90. The molecule has 1 aliphatic rings. The van der Waals surface area contributed by atoms with Gasteiger partial charge in [0.05, 0.1) is 0 Å². The lowest BCUT2D eigenvalue weighted by atomic mass is 10.1. The van der Waals surface area contributed by atoms with Crippen molar-refractivity contribution in [2.45, 2.75) is 6.42 Å². The van der Waals surface area contributed by atoms with Gasteiger partial charge >= 0.3 is 12.0 Å². The molecule has 3 amide bonds. The topological polar surface area (TPSA) is 98.7 Å². The summed E-state index contributed by atoms with van der Waals surface area (Å²) in [6, 6.07) is 6.34. The molecule has 1 aliphatic heterocycles. The van der Waals surface area contributed by atoms with E-state index in [1.54, 1.807) is 29.2 Å². The SMILES string of the molecule is O=C(O)CNC(=O)c1cccc(N2CCCNC2=O)c1. The average Bonchev–Trinajstić information content (AvgIpc) is 2.45. The quantitative estimate of drug-likeness (QED) is 0.742. The van der Waals surface area contributed by atoms with Crippen LogP contribution in [0.5, 0.6) is 0 Å². The number of aliphatic carboxylic acids is 1. The number of nitrogens with one attached hydrogen (secondary N) is 2. The van der Waals surface area contributed by atoms with Crippen molar-refractivity contribution in [3.63, 3.8) is 0 Å². The Labute approximate surface area is 115 Å². The zero-order valence-corrected chi connectivity index (χ0v) is 10.8. The van der Waals surface area contributed by atoms with Crippen molar-refractivity contribution in [1.29, 1.82) is 0 Å². The van der Waals surface area contributed by atoms with Gasteiger partial charge in [0.2, 0.25) is 0 Å². The molecule has 0 saturated carbocycles. The summed E-state index contributed by atoms with van der Waals surface area (Å²) in [5.74, 6) is -1.59. The molecule has 106 valence electrons. The van der Waals surface area contributed by atoms with E-state index in [4.69, 9.17) is 5.11 Å². The molecule has 1 fully saturated rings. The van der Waals surface area contributed by atoms with Crippen LogP contribution < -0.4 is 15.5 Å². The lowest BCUT2D eigenvalue weighted by molar-refractivity contribution is -0.135. The summed E-state index contributed by atoms with van der Waals surface area (Å²) in [4.78, 5) is 35.5. The third kappa shape index (κ3) is 3.25. The fourth-order valence-electron chi connectivity index (χ4n) is 1.95. The molecule has 2 rings (SSSR count). The van der Waals surface area contributed by atoms with Crippen LogP contribution in [0.1, 0.15) is 16.8 Å². The Morgan fingerprint density at radius 2 is 2.20 bits per heavy atom. The number of urea groups is 1. The van der Waals surface area contributed by atoms with Gasteiger partial charge in [-0.15, -0.1) is 0 Å². The molecule has 0 aliphatic carbocycles.